The van der Waals surface area contributed by atoms with Crippen LogP contribution in [0.2, 0.25) is 0 Å². The lowest BCUT2D eigenvalue weighted by molar-refractivity contribution is 0.379. The van der Waals surface area contributed by atoms with Gasteiger partial charge < -0.3 is 5.11 Å². The molecule has 0 atom stereocenters. The lowest BCUT2D eigenvalue weighted by atomic mass is 9.74. The number of hydrogen-bond acceptors (Lipinski definition) is 1. The van der Waals surface area contributed by atoms with Crippen molar-refractivity contribution in [2.75, 3.05) is 0 Å². The lowest BCUT2D eigenvalue weighted by Gasteiger charge is -2.31. The first kappa shape index (κ1) is 24.1. The molecule has 0 fully saturated rings. The van der Waals surface area contributed by atoms with Gasteiger partial charge in [-0.2, -0.15) is 0 Å². The minimum atomic E-state index is 0.0313. The second kappa shape index (κ2) is 11.8. The van der Waals surface area contributed by atoms with Gasteiger partial charge in [0.15, 0.2) is 0 Å². The summed E-state index contributed by atoms with van der Waals surface area (Å²) >= 11 is 0. The third kappa shape index (κ3) is 7.88. The molecule has 0 amide bonds. The Kier molecular flexibility index (Phi) is 10.5. The van der Waals surface area contributed by atoms with Gasteiger partial charge in [-0.1, -0.05) is 124 Å². The van der Waals surface area contributed by atoms with Crippen molar-refractivity contribution in [1.82, 2.24) is 0 Å². The van der Waals surface area contributed by atoms with Gasteiger partial charge in [0.2, 0.25) is 0 Å². The summed E-state index contributed by atoms with van der Waals surface area (Å²) in [5.41, 5.74) is 2.33. The smallest absolute Gasteiger partial charge is 0.123 e. The molecule has 0 bridgehead atoms. The second-order valence-corrected chi connectivity index (χ2v) is 9.80. The summed E-state index contributed by atoms with van der Waals surface area (Å²) in [6.07, 6.45) is 15.3. The standard InChI is InChI=1S/C26H46O/c1-7-9-11-13-15-20-25(3,4)22-18-17-19-23(24(22)27)26(5,6)21-16-14-12-10-8-2/h17-19,27H,7-16,20-21H2,1-6H3. The Morgan fingerprint density at radius 3 is 1.37 bits per heavy atom. The first-order valence-corrected chi connectivity index (χ1v) is 11.6. The van der Waals surface area contributed by atoms with E-state index in [1.165, 1.54) is 64.2 Å². The van der Waals surface area contributed by atoms with Crippen LogP contribution in [0.25, 0.3) is 0 Å². The highest BCUT2D eigenvalue weighted by Gasteiger charge is 2.29. The predicted octanol–water partition coefficient (Wildman–Crippen LogP) is 8.67. The zero-order valence-corrected chi connectivity index (χ0v) is 19.2. The van der Waals surface area contributed by atoms with Crippen molar-refractivity contribution < 1.29 is 5.11 Å². The molecule has 0 aromatic heterocycles. The number of rotatable bonds is 14. The maximum absolute atomic E-state index is 11.1. The molecule has 1 heteroatoms. The first-order valence-electron chi connectivity index (χ1n) is 11.6. The van der Waals surface area contributed by atoms with E-state index in [1.54, 1.807) is 0 Å². The van der Waals surface area contributed by atoms with Crippen molar-refractivity contribution in [1.29, 1.82) is 0 Å². The maximum atomic E-state index is 11.1. The third-order valence-electron chi connectivity index (χ3n) is 6.30. The molecule has 1 aromatic rings. The Hall–Kier alpha value is -0.980. The van der Waals surface area contributed by atoms with E-state index >= 15 is 0 Å². The number of phenols is 1. The maximum Gasteiger partial charge on any atom is 0.123 e. The summed E-state index contributed by atoms with van der Waals surface area (Å²) in [4.78, 5) is 0. The van der Waals surface area contributed by atoms with Crippen molar-refractivity contribution in [3.63, 3.8) is 0 Å². The van der Waals surface area contributed by atoms with Crippen LogP contribution in [0.15, 0.2) is 18.2 Å². The molecule has 0 unspecified atom stereocenters. The van der Waals surface area contributed by atoms with Crippen LogP contribution in [0.5, 0.6) is 5.75 Å². The zero-order chi connectivity index (χ0) is 20.3. The number of para-hydroxylation sites is 1. The Bertz CT molecular complexity index is 483. The summed E-state index contributed by atoms with van der Waals surface area (Å²) in [5.74, 6) is 0.551. The van der Waals surface area contributed by atoms with Gasteiger partial charge in [-0.25, -0.2) is 0 Å². The number of unbranched alkanes of at least 4 members (excludes halogenated alkanes) is 8. The average Bonchev–Trinajstić information content (AvgIpc) is 2.61. The summed E-state index contributed by atoms with van der Waals surface area (Å²) < 4.78 is 0. The molecule has 0 aliphatic carbocycles. The molecule has 1 nitrogen and oxygen atoms in total. The molecular weight excluding hydrogens is 328 g/mol. The van der Waals surface area contributed by atoms with Gasteiger partial charge in [0.05, 0.1) is 0 Å². The Morgan fingerprint density at radius 1 is 0.630 bits per heavy atom. The predicted molar refractivity (Wildman–Crippen MR) is 121 cm³/mol. The molecule has 0 radical (unpaired) electrons. The summed E-state index contributed by atoms with van der Waals surface area (Å²) in [5, 5.41) is 11.1. The molecule has 1 N–H and O–H groups in total. The Labute approximate surface area is 170 Å². The van der Waals surface area contributed by atoms with E-state index in [2.05, 4.69) is 59.7 Å². The van der Waals surface area contributed by atoms with Gasteiger partial charge in [0, 0.05) is 0 Å². The summed E-state index contributed by atoms with van der Waals surface area (Å²) in [6.45, 7) is 13.7. The zero-order valence-electron chi connectivity index (χ0n) is 19.2. The molecule has 0 saturated heterocycles. The van der Waals surface area contributed by atoms with Gasteiger partial charge in [-0.15, -0.1) is 0 Å². The molecule has 0 spiro atoms. The normalized spacial score (nSPS) is 12.5. The number of hydrogen-bond donors (Lipinski definition) is 1. The molecule has 0 aliphatic heterocycles. The monoisotopic (exact) mass is 374 g/mol. The van der Waals surface area contributed by atoms with Crippen molar-refractivity contribution >= 4 is 0 Å². The second-order valence-electron chi connectivity index (χ2n) is 9.80. The van der Waals surface area contributed by atoms with E-state index in [-0.39, 0.29) is 10.8 Å². The lowest BCUT2D eigenvalue weighted by Crippen LogP contribution is -2.21. The molecule has 1 rings (SSSR count). The van der Waals surface area contributed by atoms with Crippen molar-refractivity contribution in [3.8, 4) is 5.75 Å². The van der Waals surface area contributed by atoms with Crippen LogP contribution >= 0.6 is 0 Å². The van der Waals surface area contributed by atoms with Crippen LogP contribution < -0.4 is 0 Å². The average molecular weight is 375 g/mol. The minimum absolute atomic E-state index is 0.0313. The van der Waals surface area contributed by atoms with Crippen molar-refractivity contribution in [3.05, 3.63) is 29.3 Å². The molecule has 156 valence electrons. The largest absolute Gasteiger partial charge is 0.507 e. The van der Waals surface area contributed by atoms with E-state index in [4.69, 9.17) is 0 Å². The summed E-state index contributed by atoms with van der Waals surface area (Å²) in [7, 11) is 0. The Balaban J connectivity index is 2.78. The molecule has 0 aliphatic rings. The van der Waals surface area contributed by atoms with Gasteiger partial charge in [-0.05, 0) is 34.8 Å². The number of benzene rings is 1. The van der Waals surface area contributed by atoms with Gasteiger partial charge in [-0.3, -0.25) is 0 Å². The highest BCUT2D eigenvalue weighted by atomic mass is 16.3. The molecule has 0 heterocycles. The van der Waals surface area contributed by atoms with E-state index in [9.17, 15) is 5.11 Å². The first-order chi connectivity index (χ1) is 12.8. The fraction of sp³-hybridized carbons (Fsp3) is 0.769. The highest BCUT2D eigenvalue weighted by Crippen LogP contribution is 2.42. The molecular formula is C26H46O. The van der Waals surface area contributed by atoms with Crippen LogP contribution in [0.4, 0.5) is 0 Å². The van der Waals surface area contributed by atoms with E-state index in [0.29, 0.717) is 5.75 Å². The van der Waals surface area contributed by atoms with E-state index in [1.807, 2.05) is 0 Å². The van der Waals surface area contributed by atoms with Crippen molar-refractivity contribution in [2.45, 2.75) is 129 Å². The number of phenolic OH excluding ortho intramolecular Hbond substituents is 1. The minimum Gasteiger partial charge on any atom is -0.507 e. The van der Waals surface area contributed by atoms with E-state index < -0.39 is 0 Å². The van der Waals surface area contributed by atoms with Crippen LogP contribution in [0.3, 0.4) is 0 Å². The van der Waals surface area contributed by atoms with Crippen LogP contribution in [-0.4, -0.2) is 5.11 Å². The third-order valence-corrected chi connectivity index (χ3v) is 6.30. The van der Waals surface area contributed by atoms with Crippen LogP contribution in [0.1, 0.15) is 130 Å². The quantitative estimate of drug-likeness (QED) is 0.323. The molecule has 27 heavy (non-hydrogen) atoms. The van der Waals surface area contributed by atoms with Crippen molar-refractivity contribution in [2.24, 2.45) is 0 Å². The van der Waals surface area contributed by atoms with Crippen LogP contribution in [-0.2, 0) is 10.8 Å². The fourth-order valence-electron chi connectivity index (χ4n) is 4.25. The SMILES string of the molecule is CCCCCCCC(C)(C)c1cccc(C(C)(C)CCCCCCC)c1O. The molecule has 1 aromatic carbocycles. The Morgan fingerprint density at radius 2 is 1.00 bits per heavy atom. The van der Waals surface area contributed by atoms with Gasteiger partial charge in [0.25, 0.3) is 0 Å². The summed E-state index contributed by atoms with van der Waals surface area (Å²) in [6, 6.07) is 6.44. The fourth-order valence-corrected chi connectivity index (χ4v) is 4.25. The molecule has 0 saturated carbocycles. The van der Waals surface area contributed by atoms with Crippen LogP contribution in [0, 0.1) is 0 Å². The van der Waals surface area contributed by atoms with Gasteiger partial charge >= 0.3 is 0 Å². The topological polar surface area (TPSA) is 20.2 Å². The highest BCUT2D eigenvalue weighted by molar-refractivity contribution is 5.47. The number of aromatic hydroxyl groups is 1. The van der Waals surface area contributed by atoms with E-state index in [0.717, 1.165) is 24.0 Å². The van der Waals surface area contributed by atoms with Gasteiger partial charge in [0.1, 0.15) is 5.75 Å².